The lowest BCUT2D eigenvalue weighted by molar-refractivity contribution is -0.136. The van der Waals surface area contributed by atoms with Gasteiger partial charge in [-0.25, -0.2) is 21.9 Å². The van der Waals surface area contributed by atoms with Gasteiger partial charge in [-0.15, -0.1) is 0 Å². The van der Waals surface area contributed by atoms with Crippen molar-refractivity contribution in [1.29, 1.82) is 0 Å². The highest BCUT2D eigenvalue weighted by Crippen LogP contribution is 2.26. The molecule has 2 aromatic carbocycles. The van der Waals surface area contributed by atoms with Crippen molar-refractivity contribution in [3.63, 3.8) is 0 Å². The molecule has 0 aromatic heterocycles. The van der Waals surface area contributed by atoms with E-state index in [0.29, 0.717) is 37.1 Å². The Morgan fingerprint density at radius 1 is 1.18 bits per heavy atom. The summed E-state index contributed by atoms with van der Waals surface area (Å²) in [6.07, 6.45) is 1.31. The van der Waals surface area contributed by atoms with E-state index in [1.165, 1.54) is 44.4 Å². The topological polar surface area (TPSA) is 92.8 Å². The van der Waals surface area contributed by atoms with Crippen LogP contribution in [0.4, 0.5) is 8.78 Å². The highest BCUT2D eigenvalue weighted by molar-refractivity contribution is 7.89. The summed E-state index contributed by atoms with van der Waals surface area (Å²) in [7, 11) is -2.43. The lowest BCUT2D eigenvalue weighted by Gasteiger charge is -2.32. The van der Waals surface area contributed by atoms with Crippen LogP contribution >= 0.6 is 0 Å². The lowest BCUT2D eigenvalue weighted by Crippen LogP contribution is -2.44. The molecule has 1 heterocycles. The number of benzene rings is 2. The number of methoxy groups -OCH3 is 1. The number of ketones is 1. The molecule has 1 fully saturated rings. The standard InChI is InChI=1S/C24H28F2N2O5S/c1-16-9-19(18-6-3-7-20(25)10-18)11-21(24(16)26)22(29)12-27-34(31,32)15-17-5-4-8-28(13-17)23(30)14-33-2/h3,6-7,9-11,17,27H,4-5,8,12-15H2,1-2H3. The summed E-state index contributed by atoms with van der Waals surface area (Å²) in [6, 6.07) is 8.50. The summed E-state index contributed by atoms with van der Waals surface area (Å²) in [5.41, 5.74) is 0.849. The first-order valence-electron chi connectivity index (χ1n) is 10.9. The fraction of sp³-hybridized carbons (Fsp3) is 0.417. The van der Waals surface area contributed by atoms with Gasteiger partial charge >= 0.3 is 0 Å². The summed E-state index contributed by atoms with van der Waals surface area (Å²) in [5, 5.41) is 0. The molecular weight excluding hydrogens is 466 g/mol. The number of carbonyl (C=O) groups excluding carboxylic acids is 2. The van der Waals surface area contributed by atoms with E-state index in [1.54, 1.807) is 11.0 Å². The van der Waals surface area contributed by atoms with Crippen LogP contribution in [0.3, 0.4) is 0 Å². The molecule has 34 heavy (non-hydrogen) atoms. The van der Waals surface area contributed by atoms with E-state index in [-0.39, 0.29) is 35.3 Å². The van der Waals surface area contributed by atoms with E-state index in [0.717, 1.165) is 0 Å². The fourth-order valence-electron chi connectivity index (χ4n) is 4.09. The quantitative estimate of drug-likeness (QED) is 0.541. The molecule has 1 aliphatic heterocycles. The molecule has 2 aromatic rings. The number of nitrogens with one attached hydrogen (secondary N) is 1. The fourth-order valence-corrected chi connectivity index (χ4v) is 5.45. The molecule has 1 N–H and O–H groups in total. The average molecular weight is 495 g/mol. The predicted molar refractivity (Wildman–Crippen MR) is 124 cm³/mol. The maximum atomic E-state index is 14.7. The van der Waals surface area contributed by atoms with E-state index in [9.17, 15) is 26.8 Å². The Hall–Kier alpha value is -2.69. The van der Waals surface area contributed by atoms with Crippen molar-refractivity contribution < 1.29 is 31.5 Å². The molecule has 0 aliphatic carbocycles. The van der Waals surface area contributed by atoms with Crippen LogP contribution < -0.4 is 4.72 Å². The number of piperidine rings is 1. The Labute approximate surface area is 198 Å². The Balaban J connectivity index is 1.67. The van der Waals surface area contributed by atoms with E-state index < -0.39 is 34.0 Å². The molecule has 1 aliphatic rings. The Kier molecular flexibility index (Phi) is 8.51. The molecule has 0 saturated carbocycles. The molecule has 184 valence electrons. The predicted octanol–water partition coefficient (Wildman–Crippen LogP) is 2.93. The SMILES string of the molecule is COCC(=O)N1CCCC(CS(=O)(=O)NCC(=O)c2cc(-c3cccc(F)c3)cc(C)c2F)C1. The van der Waals surface area contributed by atoms with Crippen molar-refractivity contribution in [2.45, 2.75) is 19.8 Å². The third-order valence-electron chi connectivity index (χ3n) is 5.76. The van der Waals surface area contributed by atoms with E-state index in [4.69, 9.17) is 4.74 Å². The van der Waals surface area contributed by atoms with Gasteiger partial charge in [-0.3, -0.25) is 9.59 Å². The number of Topliss-reactive ketones (excluding diaryl/α,β-unsaturated/α-hetero) is 1. The van der Waals surface area contributed by atoms with Gasteiger partial charge in [-0.2, -0.15) is 0 Å². The van der Waals surface area contributed by atoms with Gasteiger partial charge < -0.3 is 9.64 Å². The Bertz CT molecular complexity index is 1170. The van der Waals surface area contributed by atoms with Gasteiger partial charge in [-0.1, -0.05) is 12.1 Å². The van der Waals surface area contributed by atoms with Crippen molar-refractivity contribution in [2.75, 3.05) is 39.1 Å². The van der Waals surface area contributed by atoms with Crippen molar-refractivity contribution in [3.05, 3.63) is 59.2 Å². The molecule has 1 saturated heterocycles. The Morgan fingerprint density at radius 3 is 2.65 bits per heavy atom. The molecule has 7 nitrogen and oxygen atoms in total. The summed E-state index contributed by atoms with van der Waals surface area (Å²) in [5.74, 6) is -2.67. The Morgan fingerprint density at radius 2 is 1.94 bits per heavy atom. The normalized spacial score (nSPS) is 16.5. The van der Waals surface area contributed by atoms with Crippen LogP contribution in [-0.4, -0.2) is 64.1 Å². The zero-order chi connectivity index (χ0) is 24.9. The van der Waals surface area contributed by atoms with Gasteiger partial charge in [0.05, 0.1) is 17.9 Å². The number of hydrogen-bond acceptors (Lipinski definition) is 5. The number of nitrogens with zero attached hydrogens (tertiary/aromatic N) is 1. The first-order valence-corrected chi connectivity index (χ1v) is 12.6. The summed E-state index contributed by atoms with van der Waals surface area (Å²) < 4.78 is 60.6. The van der Waals surface area contributed by atoms with Crippen LogP contribution in [0.25, 0.3) is 11.1 Å². The second-order valence-corrected chi connectivity index (χ2v) is 10.3. The number of sulfonamides is 1. The minimum atomic E-state index is -3.85. The van der Waals surface area contributed by atoms with Crippen LogP contribution in [0.5, 0.6) is 0 Å². The monoisotopic (exact) mass is 494 g/mol. The first-order chi connectivity index (χ1) is 16.1. The molecule has 3 rings (SSSR count). The zero-order valence-corrected chi connectivity index (χ0v) is 20.0. The number of carbonyl (C=O) groups is 2. The van der Waals surface area contributed by atoms with Gasteiger partial charge in [-0.05, 0) is 66.6 Å². The van der Waals surface area contributed by atoms with Crippen molar-refractivity contribution in [1.82, 2.24) is 9.62 Å². The smallest absolute Gasteiger partial charge is 0.248 e. The highest BCUT2D eigenvalue weighted by Gasteiger charge is 2.28. The zero-order valence-electron chi connectivity index (χ0n) is 19.1. The molecule has 0 spiro atoms. The van der Waals surface area contributed by atoms with Crippen LogP contribution in [-0.2, 0) is 19.6 Å². The van der Waals surface area contributed by atoms with Crippen LogP contribution in [0.15, 0.2) is 36.4 Å². The van der Waals surface area contributed by atoms with Gasteiger partial charge in [0.15, 0.2) is 5.78 Å². The minimum absolute atomic E-state index is 0.0636. The minimum Gasteiger partial charge on any atom is -0.375 e. The van der Waals surface area contributed by atoms with Gasteiger partial charge in [0.2, 0.25) is 15.9 Å². The maximum absolute atomic E-state index is 14.7. The number of hydrogen-bond donors (Lipinski definition) is 1. The molecule has 1 atom stereocenters. The van der Waals surface area contributed by atoms with E-state index in [2.05, 4.69) is 4.72 Å². The first kappa shape index (κ1) is 25.9. The summed E-state index contributed by atoms with van der Waals surface area (Å²) in [4.78, 5) is 26.3. The average Bonchev–Trinajstić information content (AvgIpc) is 2.79. The van der Waals surface area contributed by atoms with Crippen molar-refractivity contribution in [3.8, 4) is 11.1 Å². The van der Waals surface area contributed by atoms with E-state index >= 15 is 0 Å². The molecular formula is C24H28F2N2O5S. The second kappa shape index (κ2) is 11.2. The van der Waals surface area contributed by atoms with Crippen LogP contribution in [0, 0.1) is 24.5 Å². The van der Waals surface area contributed by atoms with E-state index in [1.807, 2.05) is 0 Å². The van der Waals surface area contributed by atoms with Crippen molar-refractivity contribution >= 4 is 21.7 Å². The number of ether oxygens (including phenoxy) is 1. The number of halogens is 2. The molecule has 10 heteroatoms. The number of rotatable bonds is 9. The van der Waals surface area contributed by atoms with Gasteiger partial charge in [0.25, 0.3) is 0 Å². The third kappa shape index (κ3) is 6.68. The van der Waals surface area contributed by atoms with Crippen molar-refractivity contribution in [2.24, 2.45) is 5.92 Å². The third-order valence-corrected chi connectivity index (χ3v) is 7.25. The molecule has 0 radical (unpaired) electrons. The van der Waals surface area contributed by atoms with Gasteiger partial charge in [0, 0.05) is 20.2 Å². The highest BCUT2D eigenvalue weighted by atomic mass is 32.2. The summed E-state index contributed by atoms with van der Waals surface area (Å²) in [6.45, 7) is 1.65. The molecule has 1 unspecified atom stereocenters. The summed E-state index contributed by atoms with van der Waals surface area (Å²) >= 11 is 0. The van der Waals surface area contributed by atoms with Crippen LogP contribution in [0.1, 0.15) is 28.8 Å². The number of likely N-dealkylation sites (tertiary alicyclic amines) is 1. The molecule has 1 amide bonds. The molecule has 0 bridgehead atoms. The van der Waals surface area contributed by atoms with Gasteiger partial charge in [0.1, 0.15) is 18.2 Å². The largest absolute Gasteiger partial charge is 0.375 e. The number of aryl methyl sites for hydroxylation is 1. The maximum Gasteiger partial charge on any atom is 0.248 e. The lowest BCUT2D eigenvalue weighted by atomic mass is 9.97. The number of amides is 1. The second-order valence-electron chi connectivity index (χ2n) is 8.47. The van der Waals surface area contributed by atoms with Crippen LogP contribution in [0.2, 0.25) is 0 Å².